The van der Waals surface area contributed by atoms with Gasteiger partial charge in [-0.15, -0.1) is 0 Å². The quantitative estimate of drug-likeness (QED) is 0.716. The van der Waals surface area contributed by atoms with Gasteiger partial charge in [-0.25, -0.2) is 0 Å². The maximum absolute atomic E-state index is 11.1. The van der Waals surface area contributed by atoms with E-state index in [0.717, 1.165) is 13.1 Å². The predicted octanol–water partition coefficient (Wildman–Crippen LogP) is 0.374. The van der Waals surface area contributed by atoms with Crippen molar-refractivity contribution in [1.29, 1.82) is 0 Å². The summed E-state index contributed by atoms with van der Waals surface area (Å²) in [6, 6.07) is -0.158. The molecule has 0 radical (unpaired) electrons. The van der Waals surface area contributed by atoms with Crippen LogP contribution >= 0.6 is 0 Å². The van der Waals surface area contributed by atoms with Crippen molar-refractivity contribution in [1.82, 2.24) is 4.90 Å². The lowest BCUT2D eigenvalue weighted by Gasteiger charge is -2.35. The van der Waals surface area contributed by atoms with Gasteiger partial charge in [-0.3, -0.25) is 9.45 Å². The van der Waals surface area contributed by atoms with Crippen molar-refractivity contribution >= 4 is 10.1 Å². The maximum atomic E-state index is 11.1. The minimum absolute atomic E-state index is 0.158. The van der Waals surface area contributed by atoms with Gasteiger partial charge < -0.3 is 4.74 Å². The monoisotopic (exact) mass is 237 g/mol. The Labute approximate surface area is 91.2 Å². The summed E-state index contributed by atoms with van der Waals surface area (Å²) in [5, 5.41) is -0.699. The van der Waals surface area contributed by atoms with Crippen molar-refractivity contribution in [3.63, 3.8) is 0 Å². The average molecular weight is 237 g/mol. The standard InChI is InChI=1S/C9H19NO4S/c1-3-9(15(11,12)13)8(2)10-4-6-14-7-5-10/h8-9H,3-7H2,1-2H3,(H,11,12,13). The fraction of sp³-hybridized carbons (Fsp3) is 1.00. The first kappa shape index (κ1) is 12.9. The summed E-state index contributed by atoms with van der Waals surface area (Å²) in [7, 11) is -3.95. The van der Waals surface area contributed by atoms with Crippen molar-refractivity contribution in [3.8, 4) is 0 Å². The normalized spacial score (nSPS) is 23.7. The highest BCUT2D eigenvalue weighted by molar-refractivity contribution is 7.86. The van der Waals surface area contributed by atoms with Crippen LogP contribution in [0.25, 0.3) is 0 Å². The molecule has 1 saturated heterocycles. The molecule has 0 spiro atoms. The SMILES string of the molecule is CCC(C(C)N1CCOCC1)S(=O)(=O)O. The summed E-state index contributed by atoms with van der Waals surface area (Å²) in [6.07, 6.45) is 0.428. The molecule has 1 aliphatic heterocycles. The molecular weight excluding hydrogens is 218 g/mol. The third kappa shape index (κ3) is 3.41. The van der Waals surface area contributed by atoms with E-state index in [-0.39, 0.29) is 6.04 Å². The molecule has 2 unspecified atom stereocenters. The van der Waals surface area contributed by atoms with Crippen LogP contribution in [0.1, 0.15) is 20.3 Å². The molecule has 1 rings (SSSR count). The lowest BCUT2D eigenvalue weighted by molar-refractivity contribution is 0.0188. The van der Waals surface area contributed by atoms with Gasteiger partial charge in [-0.05, 0) is 13.3 Å². The Balaban J connectivity index is 2.67. The Bertz CT molecular complexity index is 284. The van der Waals surface area contributed by atoms with Crippen LogP contribution < -0.4 is 0 Å². The predicted molar refractivity (Wildman–Crippen MR) is 57.5 cm³/mol. The molecule has 2 atom stereocenters. The first-order valence-corrected chi connectivity index (χ1v) is 6.75. The number of nitrogens with zero attached hydrogens (tertiary/aromatic N) is 1. The van der Waals surface area contributed by atoms with Gasteiger partial charge in [0.25, 0.3) is 10.1 Å². The van der Waals surface area contributed by atoms with E-state index in [4.69, 9.17) is 9.29 Å². The first-order valence-electron chi connectivity index (χ1n) is 5.25. The second-order valence-electron chi connectivity index (χ2n) is 3.85. The van der Waals surface area contributed by atoms with Gasteiger partial charge in [-0.1, -0.05) is 6.92 Å². The van der Waals surface area contributed by atoms with Crippen LogP contribution in [-0.4, -0.2) is 55.5 Å². The van der Waals surface area contributed by atoms with Crippen LogP contribution in [-0.2, 0) is 14.9 Å². The van der Waals surface area contributed by atoms with E-state index in [2.05, 4.69) is 0 Å². The maximum Gasteiger partial charge on any atom is 0.269 e. The number of rotatable bonds is 4. The molecule has 0 aromatic carbocycles. The second kappa shape index (κ2) is 5.25. The summed E-state index contributed by atoms with van der Waals surface area (Å²) in [5.74, 6) is 0. The second-order valence-corrected chi connectivity index (χ2v) is 5.49. The molecule has 1 aliphatic rings. The first-order chi connectivity index (χ1) is 6.96. The zero-order chi connectivity index (χ0) is 11.5. The van der Waals surface area contributed by atoms with Gasteiger partial charge in [0.2, 0.25) is 0 Å². The third-order valence-corrected chi connectivity index (χ3v) is 4.44. The highest BCUT2D eigenvalue weighted by Gasteiger charge is 2.32. The molecule has 0 saturated carbocycles. The van der Waals surface area contributed by atoms with Crippen molar-refractivity contribution in [3.05, 3.63) is 0 Å². The van der Waals surface area contributed by atoms with E-state index in [1.807, 2.05) is 11.8 Å². The molecule has 6 heteroatoms. The average Bonchev–Trinajstić information content (AvgIpc) is 2.18. The molecule has 1 N–H and O–H groups in total. The highest BCUT2D eigenvalue weighted by Crippen LogP contribution is 2.16. The Morgan fingerprint density at radius 3 is 2.33 bits per heavy atom. The van der Waals surface area contributed by atoms with Crippen LogP contribution in [0.15, 0.2) is 0 Å². The van der Waals surface area contributed by atoms with Gasteiger partial charge in [0.05, 0.1) is 13.2 Å². The van der Waals surface area contributed by atoms with E-state index < -0.39 is 15.4 Å². The van der Waals surface area contributed by atoms with Crippen molar-refractivity contribution in [2.24, 2.45) is 0 Å². The smallest absolute Gasteiger partial charge is 0.269 e. The number of ether oxygens (including phenoxy) is 1. The van der Waals surface area contributed by atoms with Gasteiger partial charge in [0.15, 0.2) is 0 Å². The van der Waals surface area contributed by atoms with E-state index in [1.54, 1.807) is 6.92 Å². The van der Waals surface area contributed by atoms with E-state index in [0.29, 0.717) is 19.6 Å². The fourth-order valence-corrected chi connectivity index (χ4v) is 3.11. The summed E-state index contributed by atoms with van der Waals surface area (Å²) in [6.45, 7) is 6.33. The van der Waals surface area contributed by atoms with Crippen LogP contribution in [0.3, 0.4) is 0 Å². The van der Waals surface area contributed by atoms with Gasteiger partial charge in [0.1, 0.15) is 5.25 Å². The van der Waals surface area contributed by atoms with E-state index in [9.17, 15) is 8.42 Å². The minimum atomic E-state index is -3.95. The highest BCUT2D eigenvalue weighted by atomic mass is 32.2. The van der Waals surface area contributed by atoms with Gasteiger partial charge in [0, 0.05) is 19.1 Å². The Hall–Kier alpha value is -0.170. The summed E-state index contributed by atoms with van der Waals surface area (Å²) < 4.78 is 36.6. The van der Waals surface area contributed by atoms with Gasteiger partial charge >= 0.3 is 0 Å². The molecule has 0 aromatic heterocycles. The van der Waals surface area contributed by atoms with E-state index in [1.165, 1.54) is 0 Å². The number of morpholine rings is 1. The van der Waals surface area contributed by atoms with Crippen molar-refractivity contribution in [2.45, 2.75) is 31.6 Å². The van der Waals surface area contributed by atoms with Gasteiger partial charge in [-0.2, -0.15) is 8.42 Å². The lowest BCUT2D eigenvalue weighted by atomic mass is 10.1. The van der Waals surface area contributed by atoms with Crippen molar-refractivity contribution in [2.75, 3.05) is 26.3 Å². The van der Waals surface area contributed by atoms with Crippen LogP contribution in [0, 0.1) is 0 Å². The molecule has 5 nitrogen and oxygen atoms in total. The summed E-state index contributed by atoms with van der Waals surface area (Å²) in [5.41, 5.74) is 0. The van der Waals surface area contributed by atoms with Crippen LogP contribution in [0.5, 0.6) is 0 Å². The Kier molecular flexibility index (Phi) is 4.51. The largest absolute Gasteiger partial charge is 0.379 e. The Morgan fingerprint density at radius 1 is 1.40 bits per heavy atom. The van der Waals surface area contributed by atoms with Crippen LogP contribution in [0.4, 0.5) is 0 Å². The molecule has 0 aromatic rings. The Morgan fingerprint density at radius 2 is 1.93 bits per heavy atom. The van der Waals surface area contributed by atoms with Crippen LogP contribution in [0.2, 0.25) is 0 Å². The zero-order valence-electron chi connectivity index (χ0n) is 9.22. The minimum Gasteiger partial charge on any atom is -0.379 e. The molecule has 1 fully saturated rings. The van der Waals surface area contributed by atoms with E-state index >= 15 is 0 Å². The lowest BCUT2D eigenvalue weighted by Crippen LogP contribution is -2.49. The molecule has 90 valence electrons. The zero-order valence-corrected chi connectivity index (χ0v) is 10.0. The summed E-state index contributed by atoms with van der Waals surface area (Å²) >= 11 is 0. The fourth-order valence-electron chi connectivity index (χ4n) is 2.02. The number of hydrogen-bond acceptors (Lipinski definition) is 4. The molecule has 0 amide bonds. The third-order valence-electron chi connectivity index (χ3n) is 2.94. The molecular formula is C9H19NO4S. The molecule has 15 heavy (non-hydrogen) atoms. The van der Waals surface area contributed by atoms with Crippen molar-refractivity contribution < 1.29 is 17.7 Å². The molecule has 0 aliphatic carbocycles. The summed E-state index contributed by atoms with van der Waals surface area (Å²) in [4.78, 5) is 2.05. The molecule has 1 heterocycles. The topological polar surface area (TPSA) is 66.8 Å². The molecule has 0 bridgehead atoms. The number of hydrogen-bond donors (Lipinski definition) is 1.